The fourth-order valence-electron chi connectivity index (χ4n) is 0.965. The van der Waals surface area contributed by atoms with E-state index in [9.17, 15) is 0 Å². The summed E-state index contributed by atoms with van der Waals surface area (Å²) in [6.07, 6.45) is -0.612. The van der Waals surface area contributed by atoms with Crippen LogP contribution < -0.4 is 0 Å². The van der Waals surface area contributed by atoms with Gasteiger partial charge in [-0.1, -0.05) is 29.8 Å². The van der Waals surface area contributed by atoms with Gasteiger partial charge in [-0.2, -0.15) is 0 Å². The fourth-order valence-corrected chi connectivity index (χ4v) is 1.24. The molecule has 0 spiro atoms. The molecule has 1 rings (SSSR count). The quantitative estimate of drug-likeness (QED) is 0.794. The molecule has 0 bridgehead atoms. The Morgan fingerprint density at radius 1 is 1.36 bits per heavy atom. The van der Waals surface area contributed by atoms with Gasteiger partial charge >= 0.3 is 0 Å². The molecule has 0 saturated carbocycles. The molecule has 2 nitrogen and oxygen atoms in total. The van der Waals surface area contributed by atoms with Gasteiger partial charge in [0.15, 0.2) is 0 Å². The molecule has 0 radical (unpaired) electrons. The molecule has 14 heavy (non-hydrogen) atoms. The maximum Gasteiger partial charge on any atom is 0.0908 e. The number of rotatable bonds is 5. The van der Waals surface area contributed by atoms with Gasteiger partial charge in [-0.25, -0.2) is 0 Å². The van der Waals surface area contributed by atoms with Gasteiger partial charge in [-0.3, -0.25) is 0 Å². The number of aliphatic hydroxyl groups is 1. The van der Waals surface area contributed by atoms with E-state index in [2.05, 4.69) is 0 Å². The van der Waals surface area contributed by atoms with Gasteiger partial charge in [-0.15, -0.1) is 11.6 Å². The third-order valence-corrected chi connectivity index (χ3v) is 2.43. The van der Waals surface area contributed by atoms with E-state index in [-0.39, 0.29) is 12.5 Å². The van der Waals surface area contributed by atoms with E-state index in [4.69, 9.17) is 33.0 Å². The van der Waals surface area contributed by atoms with E-state index >= 15 is 0 Å². The summed E-state index contributed by atoms with van der Waals surface area (Å²) in [7, 11) is 0. The van der Waals surface area contributed by atoms with Gasteiger partial charge in [0.25, 0.3) is 0 Å². The summed E-state index contributed by atoms with van der Waals surface area (Å²) in [5.41, 5.74) is 0.913. The van der Waals surface area contributed by atoms with Crippen molar-refractivity contribution in [3.8, 4) is 0 Å². The van der Waals surface area contributed by atoms with E-state index in [0.717, 1.165) is 5.56 Å². The van der Waals surface area contributed by atoms with Crippen molar-refractivity contribution in [3.05, 3.63) is 34.9 Å². The molecule has 0 fully saturated rings. The van der Waals surface area contributed by atoms with Crippen LogP contribution in [0.5, 0.6) is 0 Å². The SMILES string of the molecule is OC(CCl)COCc1ccccc1Cl. The molecule has 1 N–H and O–H groups in total. The first-order chi connectivity index (χ1) is 6.74. The van der Waals surface area contributed by atoms with Crippen molar-refractivity contribution in [1.82, 2.24) is 0 Å². The van der Waals surface area contributed by atoms with E-state index in [1.165, 1.54) is 0 Å². The average Bonchev–Trinajstić information content (AvgIpc) is 2.20. The van der Waals surface area contributed by atoms with Crippen molar-refractivity contribution >= 4 is 23.2 Å². The highest BCUT2D eigenvalue weighted by atomic mass is 35.5. The molecule has 1 aromatic rings. The molecular formula is C10H12Cl2O2. The minimum absolute atomic E-state index is 0.183. The summed E-state index contributed by atoms with van der Waals surface area (Å²) in [4.78, 5) is 0. The lowest BCUT2D eigenvalue weighted by molar-refractivity contribution is 0.0392. The first-order valence-electron chi connectivity index (χ1n) is 4.29. The Kier molecular flexibility index (Phi) is 5.26. The average molecular weight is 235 g/mol. The molecule has 0 amide bonds. The predicted octanol–water partition coefficient (Wildman–Crippen LogP) is 2.46. The van der Waals surface area contributed by atoms with E-state index in [1.807, 2.05) is 18.2 Å². The van der Waals surface area contributed by atoms with Crippen LogP contribution in [0, 0.1) is 0 Å². The topological polar surface area (TPSA) is 29.5 Å². The summed E-state index contributed by atoms with van der Waals surface area (Å²) in [6, 6.07) is 7.44. The van der Waals surface area contributed by atoms with Gasteiger partial charge in [0.2, 0.25) is 0 Å². The zero-order chi connectivity index (χ0) is 10.4. The Hall–Kier alpha value is -0.280. The van der Waals surface area contributed by atoms with Crippen molar-refractivity contribution < 1.29 is 9.84 Å². The molecule has 0 aromatic heterocycles. The number of hydrogen-bond donors (Lipinski definition) is 1. The van der Waals surface area contributed by atoms with Crippen molar-refractivity contribution in [2.24, 2.45) is 0 Å². The number of aliphatic hydroxyl groups excluding tert-OH is 1. The van der Waals surface area contributed by atoms with Crippen LogP contribution in [0.15, 0.2) is 24.3 Å². The molecular weight excluding hydrogens is 223 g/mol. The van der Waals surface area contributed by atoms with Crippen molar-refractivity contribution in [1.29, 1.82) is 0 Å². The van der Waals surface area contributed by atoms with Crippen molar-refractivity contribution in [2.45, 2.75) is 12.7 Å². The van der Waals surface area contributed by atoms with Crippen molar-refractivity contribution in [3.63, 3.8) is 0 Å². The minimum Gasteiger partial charge on any atom is -0.389 e. The Labute approximate surface area is 93.4 Å². The van der Waals surface area contributed by atoms with Gasteiger partial charge in [-0.05, 0) is 11.6 Å². The highest BCUT2D eigenvalue weighted by Crippen LogP contribution is 2.15. The Balaban J connectivity index is 2.35. The van der Waals surface area contributed by atoms with E-state index in [0.29, 0.717) is 11.6 Å². The standard InChI is InChI=1S/C10H12Cl2O2/c11-5-9(13)7-14-6-8-3-1-2-4-10(8)12/h1-4,9,13H,5-7H2. The van der Waals surface area contributed by atoms with Crippen LogP contribution in [0.3, 0.4) is 0 Å². The smallest absolute Gasteiger partial charge is 0.0908 e. The summed E-state index contributed by atoms with van der Waals surface area (Å²) >= 11 is 11.3. The monoisotopic (exact) mass is 234 g/mol. The summed E-state index contributed by atoms with van der Waals surface area (Å²) in [6.45, 7) is 0.627. The zero-order valence-electron chi connectivity index (χ0n) is 7.62. The molecule has 1 aromatic carbocycles. The van der Waals surface area contributed by atoms with Crippen molar-refractivity contribution in [2.75, 3.05) is 12.5 Å². The second kappa shape index (κ2) is 6.25. The maximum absolute atomic E-state index is 9.12. The molecule has 0 aliphatic carbocycles. The lowest BCUT2D eigenvalue weighted by atomic mass is 10.2. The largest absolute Gasteiger partial charge is 0.389 e. The van der Waals surface area contributed by atoms with Crippen LogP contribution in [-0.2, 0) is 11.3 Å². The third-order valence-electron chi connectivity index (χ3n) is 1.70. The molecule has 1 atom stereocenters. The molecule has 0 heterocycles. The predicted molar refractivity (Wildman–Crippen MR) is 57.8 cm³/mol. The fraction of sp³-hybridized carbons (Fsp3) is 0.400. The second-order valence-electron chi connectivity index (χ2n) is 2.91. The van der Waals surface area contributed by atoms with E-state index in [1.54, 1.807) is 6.07 Å². The first-order valence-corrected chi connectivity index (χ1v) is 5.20. The molecule has 0 aliphatic rings. The van der Waals surface area contributed by atoms with Crippen LogP contribution >= 0.6 is 23.2 Å². The number of ether oxygens (including phenoxy) is 1. The Bertz CT molecular complexity index is 279. The number of benzene rings is 1. The minimum atomic E-state index is -0.612. The first kappa shape index (κ1) is 11.8. The van der Waals surface area contributed by atoms with Crippen LogP contribution in [0.25, 0.3) is 0 Å². The summed E-state index contributed by atoms with van der Waals surface area (Å²) < 4.78 is 5.23. The summed E-state index contributed by atoms with van der Waals surface area (Å²) in [5.74, 6) is 0.183. The van der Waals surface area contributed by atoms with Crippen LogP contribution in [0.4, 0.5) is 0 Å². The zero-order valence-corrected chi connectivity index (χ0v) is 9.13. The number of halogens is 2. The molecule has 1 unspecified atom stereocenters. The lowest BCUT2D eigenvalue weighted by Crippen LogP contribution is -2.16. The summed E-state index contributed by atoms with van der Waals surface area (Å²) in [5, 5.41) is 9.79. The maximum atomic E-state index is 9.12. The molecule has 4 heteroatoms. The van der Waals surface area contributed by atoms with Crippen LogP contribution in [0.1, 0.15) is 5.56 Å². The van der Waals surface area contributed by atoms with Crippen LogP contribution in [0.2, 0.25) is 5.02 Å². The normalized spacial score (nSPS) is 12.8. The number of alkyl halides is 1. The highest BCUT2D eigenvalue weighted by molar-refractivity contribution is 6.31. The van der Waals surface area contributed by atoms with Gasteiger partial charge < -0.3 is 9.84 Å². The Morgan fingerprint density at radius 2 is 2.07 bits per heavy atom. The molecule has 78 valence electrons. The second-order valence-corrected chi connectivity index (χ2v) is 3.63. The Morgan fingerprint density at radius 3 is 2.71 bits per heavy atom. The lowest BCUT2D eigenvalue weighted by Gasteiger charge is -2.08. The van der Waals surface area contributed by atoms with Crippen LogP contribution in [-0.4, -0.2) is 23.7 Å². The van der Waals surface area contributed by atoms with Gasteiger partial charge in [0.1, 0.15) is 0 Å². The van der Waals surface area contributed by atoms with Gasteiger partial charge in [0.05, 0.1) is 25.2 Å². The molecule has 0 saturated heterocycles. The third kappa shape index (κ3) is 3.84. The van der Waals surface area contributed by atoms with E-state index < -0.39 is 6.10 Å². The number of hydrogen-bond acceptors (Lipinski definition) is 2. The highest BCUT2D eigenvalue weighted by Gasteiger charge is 2.03. The molecule has 0 aliphatic heterocycles. The van der Waals surface area contributed by atoms with Gasteiger partial charge in [0, 0.05) is 5.02 Å².